The van der Waals surface area contributed by atoms with Crippen molar-refractivity contribution in [1.29, 1.82) is 0 Å². The molecule has 1 aliphatic rings. The van der Waals surface area contributed by atoms with Crippen molar-refractivity contribution in [3.05, 3.63) is 164 Å². The van der Waals surface area contributed by atoms with Crippen LogP contribution in [0.1, 0.15) is 18.2 Å². The molecule has 12 rings (SSSR count). The first-order chi connectivity index (χ1) is 27.2. The minimum Gasteiger partial charge on any atom is -0.456 e. The number of aromatic nitrogens is 3. The zero-order chi connectivity index (χ0) is 36.0. The minimum absolute atomic E-state index is 0.00794. The highest BCUT2D eigenvalue weighted by Crippen LogP contribution is 2.44. The lowest BCUT2D eigenvalue weighted by atomic mass is 9.94. The molecule has 4 heterocycles. The van der Waals surface area contributed by atoms with Crippen LogP contribution in [0, 0.1) is 0 Å². The Balaban J connectivity index is 1.16. The molecule has 7 aromatic carbocycles. The molecule has 0 N–H and O–H groups in total. The number of hydrogen-bond donors (Lipinski definition) is 0. The number of allylic oxidation sites excluding steroid dienone is 4. The van der Waals surface area contributed by atoms with Gasteiger partial charge in [-0.05, 0) is 76.9 Å². The van der Waals surface area contributed by atoms with Crippen LogP contribution >= 0.6 is 0 Å². The number of rotatable bonds is 4. The molecule has 55 heavy (non-hydrogen) atoms. The van der Waals surface area contributed by atoms with Crippen LogP contribution < -0.4 is 0 Å². The van der Waals surface area contributed by atoms with Crippen LogP contribution in [-0.4, -0.2) is 15.0 Å². The highest BCUT2D eigenvalue weighted by Gasteiger charge is 2.24. The van der Waals surface area contributed by atoms with Gasteiger partial charge in [-0.3, -0.25) is 0 Å². The zero-order valence-corrected chi connectivity index (χ0v) is 29.4. The first-order valence-electron chi connectivity index (χ1n) is 18.5. The van der Waals surface area contributed by atoms with Gasteiger partial charge in [-0.1, -0.05) is 109 Å². The molecule has 4 aromatic heterocycles. The predicted octanol–water partition coefficient (Wildman–Crippen LogP) is 13.3. The number of fused-ring (bicyclic) bond motifs is 10. The number of furan rings is 3. The molecule has 1 aliphatic carbocycles. The molecule has 0 radical (unpaired) electrons. The van der Waals surface area contributed by atoms with Gasteiger partial charge in [-0.25, -0.2) is 15.0 Å². The molecular formula is C49H29N3O3. The lowest BCUT2D eigenvalue weighted by Gasteiger charge is -2.15. The molecule has 0 spiro atoms. The van der Waals surface area contributed by atoms with Gasteiger partial charge in [0.25, 0.3) is 0 Å². The second kappa shape index (κ2) is 11.6. The molecule has 0 saturated heterocycles. The summed E-state index contributed by atoms with van der Waals surface area (Å²) in [5.41, 5.74) is 8.66. The maximum absolute atomic E-state index is 6.64. The maximum atomic E-state index is 6.64. The number of para-hydroxylation sites is 2. The van der Waals surface area contributed by atoms with E-state index in [4.69, 9.17) is 28.2 Å². The average molecular weight is 708 g/mol. The standard InChI is InChI=1S/C49H29N3O3/c1-2-12-28(13-3-1)47-50-48(35-19-11-23-41-45(35)33-16-6-8-20-38(33)53-41)52-49(51-47)37-25-31(27-43-46(37)34-17-7-9-21-39(34)54-43)32-18-10-22-40-44(32)36-24-29-14-4-5-15-30(29)26-42(36)55-40/h1-12,14-28H,13H2. The Morgan fingerprint density at radius 3 is 1.78 bits per heavy atom. The molecule has 6 heteroatoms. The summed E-state index contributed by atoms with van der Waals surface area (Å²) in [7, 11) is 0. The number of benzene rings is 7. The number of hydrogen-bond acceptors (Lipinski definition) is 6. The fraction of sp³-hybridized carbons (Fsp3) is 0.0408. The van der Waals surface area contributed by atoms with Gasteiger partial charge in [0, 0.05) is 49.4 Å². The van der Waals surface area contributed by atoms with E-state index in [-0.39, 0.29) is 5.92 Å². The predicted molar refractivity (Wildman–Crippen MR) is 221 cm³/mol. The summed E-state index contributed by atoms with van der Waals surface area (Å²) < 4.78 is 19.5. The van der Waals surface area contributed by atoms with Crippen LogP contribution in [0.5, 0.6) is 0 Å². The molecule has 258 valence electrons. The summed E-state index contributed by atoms with van der Waals surface area (Å²) in [5, 5.41) is 8.41. The van der Waals surface area contributed by atoms with Crippen LogP contribution in [0.4, 0.5) is 0 Å². The second-order valence-electron chi connectivity index (χ2n) is 14.2. The molecule has 0 fully saturated rings. The van der Waals surface area contributed by atoms with Crippen molar-refractivity contribution in [3.63, 3.8) is 0 Å². The molecule has 11 aromatic rings. The highest BCUT2D eigenvalue weighted by molar-refractivity contribution is 6.18. The second-order valence-corrected chi connectivity index (χ2v) is 14.2. The van der Waals surface area contributed by atoms with Gasteiger partial charge in [0.2, 0.25) is 0 Å². The Hall–Kier alpha value is -7.31. The van der Waals surface area contributed by atoms with Gasteiger partial charge >= 0.3 is 0 Å². The first kappa shape index (κ1) is 30.2. The molecule has 0 amide bonds. The summed E-state index contributed by atoms with van der Waals surface area (Å²) in [4.78, 5) is 15.9. The SMILES string of the molecule is C1=CCC(c2nc(-c3cccc4oc5ccccc5c34)nc(-c3cc(-c4cccc5oc6cc7ccccc7cc6c45)cc4oc5ccccc5c34)n2)C=C1. The largest absolute Gasteiger partial charge is 0.456 e. The molecular weight excluding hydrogens is 679 g/mol. The third-order valence-electron chi connectivity index (χ3n) is 11.0. The van der Waals surface area contributed by atoms with Crippen molar-refractivity contribution in [1.82, 2.24) is 15.0 Å². The molecule has 0 aliphatic heterocycles. The van der Waals surface area contributed by atoms with Crippen LogP contribution in [0.2, 0.25) is 0 Å². The molecule has 1 atom stereocenters. The summed E-state index contributed by atoms with van der Waals surface area (Å²) in [6, 6.07) is 45.8. The fourth-order valence-corrected chi connectivity index (χ4v) is 8.47. The van der Waals surface area contributed by atoms with Crippen molar-refractivity contribution in [2.45, 2.75) is 12.3 Å². The van der Waals surface area contributed by atoms with Crippen LogP contribution in [0.25, 0.3) is 110 Å². The van der Waals surface area contributed by atoms with Gasteiger partial charge in [0.05, 0.1) is 0 Å². The van der Waals surface area contributed by atoms with E-state index in [9.17, 15) is 0 Å². The Kier molecular flexibility index (Phi) is 6.36. The molecule has 1 unspecified atom stereocenters. The molecule has 0 saturated carbocycles. The third-order valence-corrected chi connectivity index (χ3v) is 11.0. The zero-order valence-electron chi connectivity index (χ0n) is 29.4. The van der Waals surface area contributed by atoms with E-state index in [1.54, 1.807) is 0 Å². The summed E-state index contributed by atoms with van der Waals surface area (Å²) >= 11 is 0. The van der Waals surface area contributed by atoms with E-state index in [1.165, 1.54) is 5.39 Å². The van der Waals surface area contributed by atoms with E-state index >= 15 is 0 Å². The third kappa shape index (κ3) is 4.64. The lowest BCUT2D eigenvalue weighted by Crippen LogP contribution is -2.08. The number of nitrogens with zero attached hydrogens (tertiary/aromatic N) is 3. The van der Waals surface area contributed by atoms with Gasteiger partial charge in [-0.15, -0.1) is 0 Å². The maximum Gasteiger partial charge on any atom is 0.164 e. The normalized spacial score (nSPS) is 14.5. The highest BCUT2D eigenvalue weighted by atomic mass is 16.3. The van der Waals surface area contributed by atoms with Crippen molar-refractivity contribution in [2.75, 3.05) is 0 Å². The quantitative estimate of drug-likeness (QED) is 0.181. The van der Waals surface area contributed by atoms with Gasteiger partial charge in [0.1, 0.15) is 39.3 Å². The van der Waals surface area contributed by atoms with Gasteiger partial charge in [0.15, 0.2) is 11.6 Å². The van der Waals surface area contributed by atoms with Crippen molar-refractivity contribution in [2.24, 2.45) is 0 Å². The van der Waals surface area contributed by atoms with Gasteiger partial charge < -0.3 is 13.3 Å². The first-order valence-corrected chi connectivity index (χ1v) is 18.5. The minimum atomic E-state index is -0.00794. The smallest absolute Gasteiger partial charge is 0.164 e. The molecule has 0 bridgehead atoms. The summed E-state index contributed by atoms with van der Waals surface area (Å²) in [5.74, 6) is 1.89. The Morgan fingerprint density at radius 2 is 1.04 bits per heavy atom. The average Bonchev–Trinajstić information content (AvgIpc) is 3.93. The van der Waals surface area contributed by atoms with Crippen LogP contribution in [0.3, 0.4) is 0 Å². The van der Waals surface area contributed by atoms with Crippen molar-refractivity contribution < 1.29 is 13.3 Å². The topological polar surface area (TPSA) is 78.1 Å². The van der Waals surface area contributed by atoms with E-state index in [2.05, 4.69) is 103 Å². The van der Waals surface area contributed by atoms with E-state index in [1.807, 2.05) is 54.6 Å². The molecule has 6 nitrogen and oxygen atoms in total. The van der Waals surface area contributed by atoms with Gasteiger partial charge in [-0.2, -0.15) is 0 Å². The summed E-state index contributed by atoms with van der Waals surface area (Å²) in [6.07, 6.45) is 9.28. The fourth-order valence-electron chi connectivity index (χ4n) is 8.47. The van der Waals surface area contributed by atoms with Crippen LogP contribution in [-0.2, 0) is 0 Å². The summed E-state index contributed by atoms with van der Waals surface area (Å²) in [6.45, 7) is 0. The van der Waals surface area contributed by atoms with E-state index in [0.29, 0.717) is 17.5 Å². The monoisotopic (exact) mass is 707 g/mol. The Labute approximate surface area is 313 Å². The lowest BCUT2D eigenvalue weighted by molar-refractivity contribution is 0.668. The van der Waals surface area contributed by atoms with Crippen molar-refractivity contribution >= 4 is 76.6 Å². The van der Waals surface area contributed by atoms with E-state index in [0.717, 1.165) is 99.9 Å². The van der Waals surface area contributed by atoms with Crippen LogP contribution in [0.15, 0.2) is 171 Å². The van der Waals surface area contributed by atoms with Crippen molar-refractivity contribution in [3.8, 4) is 33.9 Å². The Morgan fingerprint density at radius 1 is 0.436 bits per heavy atom. The Bertz CT molecular complexity index is 3440. The van der Waals surface area contributed by atoms with E-state index < -0.39 is 0 Å².